The normalized spacial score (nSPS) is 27.0. The second kappa shape index (κ2) is 10.1. The third-order valence-electron chi connectivity index (χ3n) is 3.86. The van der Waals surface area contributed by atoms with E-state index in [1.54, 1.807) is 0 Å². The van der Waals surface area contributed by atoms with Crippen molar-refractivity contribution in [3.63, 3.8) is 0 Å². The highest BCUT2D eigenvalue weighted by Gasteiger charge is 2.46. The molecule has 1 saturated heterocycles. The van der Waals surface area contributed by atoms with Crippen molar-refractivity contribution in [2.45, 2.75) is 38.4 Å². The molecule has 2 rings (SSSR count). The Kier molecular flexibility index (Phi) is 8.53. The summed E-state index contributed by atoms with van der Waals surface area (Å²) in [6, 6.07) is 0. The van der Waals surface area contributed by atoms with Gasteiger partial charge in [-0.3, -0.25) is 13.9 Å². The number of carbonyl (C=O) groups is 1. The molecule has 33 heavy (non-hydrogen) atoms. The summed E-state index contributed by atoms with van der Waals surface area (Å²) in [7, 11) is -16.8. The highest BCUT2D eigenvalue weighted by Crippen LogP contribution is 2.66. The molecule has 0 aliphatic carbocycles. The van der Waals surface area contributed by atoms with Crippen molar-refractivity contribution in [2.24, 2.45) is 0 Å². The third kappa shape index (κ3) is 7.83. The fourth-order valence-corrected chi connectivity index (χ4v) is 5.64. The van der Waals surface area contributed by atoms with Gasteiger partial charge in [0, 0.05) is 18.7 Å². The number of rotatable bonds is 9. The molecule has 1 aromatic heterocycles. The predicted octanol–water partition coefficient (Wildman–Crippen LogP) is -1.53. The van der Waals surface area contributed by atoms with E-state index in [9.17, 15) is 38.4 Å². The van der Waals surface area contributed by atoms with E-state index in [1.807, 2.05) is 0 Å². The van der Waals surface area contributed by atoms with Crippen LogP contribution in [-0.2, 0) is 36.4 Å². The van der Waals surface area contributed by atoms with Crippen molar-refractivity contribution in [3.05, 3.63) is 22.2 Å². The van der Waals surface area contributed by atoms with E-state index in [4.69, 9.17) is 19.4 Å². The van der Waals surface area contributed by atoms with Crippen LogP contribution < -0.4 is 11.0 Å². The molecule has 188 valence electrons. The molecule has 18 nitrogen and oxygen atoms in total. The number of anilines is 1. The Labute approximate surface area is 184 Å². The van der Waals surface area contributed by atoms with E-state index in [0.717, 1.165) is 10.8 Å². The minimum atomic E-state index is -5.75. The fraction of sp³-hybridized carbons (Fsp3) is 0.583. The molecule has 2 heterocycles. The van der Waals surface area contributed by atoms with Crippen LogP contribution in [0.3, 0.4) is 0 Å². The monoisotopic (exact) mass is 539 g/mol. The SMILES string of the molecule is CC(=O)Nc1nc(=O)n([C@@H]2O[C@H](COP(=O)(O)OP(=O)(O)OP(=O)(O)O)[C@@H](O)[C@H]2O)cc1C. The Morgan fingerprint density at radius 3 is 2.30 bits per heavy atom. The number of aliphatic hydroxyl groups is 2. The van der Waals surface area contributed by atoms with E-state index in [0.29, 0.717) is 0 Å². The Balaban J connectivity index is 2.12. The summed E-state index contributed by atoms with van der Waals surface area (Å²) < 4.78 is 51.2. The first-order chi connectivity index (χ1) is 14.9. The lowest BCUT2D eigenvalue weighted by atomic mass is 10.1. The fourth-order valence-electron chi connectivity index (χ4n) is 2.61. The molecule has 6 atom stereocenters. The van der Waals surface area contributed by atoms with Crippen molar-refractivity contribution in [2.75, 3.05) is 11.9 Å². The molecule has 1 aliphatic heterocycles. The van der Waals surface area contributed by atoms with Gasteiger partial charge in [0.05, 0.1) is 6.61 Å². The first kappa shape index (κ1) is 27.9. The minimum Gasteiger partial charge on any atom is -0.387 e. The number of aliphatic hydroxyl groups excluding tert-OH is 2. The van der Waals surface area contributed by atoms with Gasteiger partial charge < -0.3 is 39.8 Å². The smallest absolute Gasteiger partial charge is 0.387 e. The summed E-state index contributed by atoms with van der Waals surface area (Å²) in [5.41, 5.74) is -0.707. The molecule has 0 radical (unpaired) electrons. The molecule has 2 unspecified atom stereocenters. The quantitative estimate of drug-likeness (QED) is 0.175. The van der Waals surface area contributed by atoms with Crippen LogP contribution >= 0.6 is 23.5 Å². The van der Waals surface area contributed by atoms with Crippen LogP contribution in [0.5, 0.6) is 0 Å². The largest absolute Gasteiger partial charge is 0.490 e. The van der Waals surface area contributed by atoms with Gasteiger partial charge in [0.25, 0.3) is 0 Å². The number of hydrogen-bond acceptors (Lipinski definition) is 12. The lowest BCUT2D eigenvalue weighted by Gasteiger charge is -2.19. The second-order valence-corrected chi connectivity index (χ2v) is 11.0. The molecule has 0 aromatic carbocycles. The Bertz CT molecular complexity index is 1100. The van der Waals surface area contributed by atoms with Crippen LogP contribution in [0.25, 0.3) is 0 Å². The molecular formula is C12H20N3O15P3. The second-order valence-electron chi connectivity index (χ2n) is 6.58. The standard InChI is InChI=1S/C12H20N3O15P3/c1-5-3-15(12(19)14-10(5)13-6(2)16)11-9(18)8(17)7(28-11)4-27-32(23,24)30-33(25,26)29-31(20,21)22/h3,7-9,11,17-18H,4H2,1-2H3,(H,23,24)(H,25,26)(H2,20,21,22)(H,13,14,16,19)/t7-,8-,9-,11-/m1/s1. The number of phosphoric acid groups is 3. The summed E-state index contributed by atoms with van der Waals surface area (Å²) >= 11 is 0. The first-order valence-corrected chi connectivity index (χ1v) is 13.1. The molecule has 7 N–H and O–H groups in total. The third-order valence-corrected chi connectivity index (χ3v) is 7.66. The minimum absolute atomic E-state index is 0.0546. The van der Waals surface area contributed by atoms with Crippen LogP contribution in [0, 0.1) is 6.92 Å². The van der Waals surface area contributed by atoms with Crippen LogP contribution in [0.15, 0.2) is 11.0 Å². The van der Waals surface area contributed by atoms with E-state index in [-0.39, 0.29) is 11.4 Å². The lowest BCUT2D eigenvalue weighted by molar-refractivity contribution is -0.114. The molecule has 1 aromatic rings. The summed E-state index contributed by atoms with van der Waals surface area (Å²) in [5, 5.41) is 22.6. The van der Waals surface area contributed by atoms with Gasteiger partial charge in [-0.1, -0.05) is 0 Å². The van der Waals surface area contributed by atoms with Crippen LogP contribution in [0.1, 0.15) is 18.7 Å². The zero-order valence-electron chi connectivity index (χ0n) is 16.7. The van der Waals surface area contributed by atoms with Crippen molar-refractivity contribution in [3.8, 4) is 0 Å². The van der Waals surface area contributed by atoms with Gasteiger partial charge in [0.15, 0.2) is 6.23 Å². The number of aryl methyl sites for hydroxylation is 1. The molecule has 1 amide bonds. The van der Waals surface area contributed by atoms with Gasteiger partial charge in [-0.05, 0) is 6.92 Å². The Hall–Kier alpha value is -1.36. The van der Waals surface area contributed by atoms with Gasteiger partial charge in [0.1, 0.15) is 24.1 Å². The molecular weight excluding hydrogens is 519 g/mol. The van der Waals surface area contributed by atoms with E-state index in [1.165, 1.54) is 13.8 Å². The molecule has 0 bridgehead atoms. The van der Waals surface area contributed by atoms with Crippen molar-refractivity contribution in [1.29, 1.82) is 0 Å². The van der Waals surface area contributed by atoms with Crippen LogP contribution in [0.4, 0.5) is 5.82 Å². The van der Waals surface area contributed by atoms with E-state index < -0.39 is 66.2 Å². The number of aromatic nitrogens is 2. The number of phosphoric ester groups is 1. The highest BCUT2D eigenvalue weighted by atomic mass is 31.3. The predicted molar refractivity (Wildman–Crippen MR) is 103 cm³/mol. The molecule has 21 heteroatoms. The van der Waals surface area contributed by atoms with Gasteiger partial charge >= 0.3 is 29.2 Å². The van der Waals surface area contributed by atoms with Gasteiger partial charge in [-0.15, -0.1) is 0 Å². The summed E-state index contributed by atoms with van der Waals surface area (Å²) in [5.74, 6) is -0.553. The average molecular weight is 539 g/mol. The van der Waals surface area contributed by atoms with Crippen LogP contribution in [0.2, 0.25) is 0 Å². The lowest BCUT2D eigenvalue weighted by Crippen LogP contribution is -2.36. The number of ether oxygens (including phenoxy) is 1. The van der Waals surface area contributed by atoms with Crippen molar-refractivity contribution < 1.29 is 66.2 Å². The van der Waals surface area contributed by atoms with Crippen molar-refractivity contribution >= 4 is 35.2 Å². The van der Waals surface area contributed by atoms with Gasteiger partial charge in [-0.2, -0.15) is 13.6 Å². The summed E-state index contributed by atoms with van der Waals surface area (Å²) in [6.07, 6.45) is -5.56. The Morgan fingerprint density at radius 1 is 1.15 bits per heavy atom. The maximum Gasteiger partial charge on any atom is 0.490 e. The highest BCUT2D eigenvalue weighted by molar-refractivity contribution is 7.66. The molecule has 0 spiro atoms. The number of nitrogens with zero attached hydrogens (tertiary/aromatic N) is 2. The topological polar surface area (TPSA) is 273 Å². The maximum absolute atomic E-state index is 12.3. The number of carbonyl (C=O) groups excluding carboxylic acids is 1. The van der Waals surface area contributed by atoms with Crippen molar-refractivity contribution in [1.82, 2.24) is 9.55 Å². The van der Waals surface area contributed by atoms with E-state index >= 15 is 0 Å². The van der Waals surface area contributed by atoms with Crippen LogP contribution in [-0.4, -0.2) is 70.2 Å². The number of amides is 1. The molecule has 0 saturated carbocycles. The zero-order chi connectivity index (χ0) is 25.4. The summed E-state index contributed by atoms with van der Waals surface area (Å²) in [6.45, 7) is 1.61. The molecule has 1 fully saturated rings. The zero-order valence-corrected chi connectivity index (χ0v) is 19.4. The average Bonchev–Trinajstić information content (AvgIpc) is 2.87. The Morgan fingerprint density at radius 2 is 1.76 bits per heavy atom. The first-order valence-electron chi connectivity index (χ1n) is 8.58. The van der Waals surface area contributed by atoms with Gasteiger partial charge in [-0.25, -0.2) is 18.5 Å². The molecule has 1 aliphatic rings. The maximum atomic E-state index is 12.3. The summed E-state index contributed by atoms with van der Waals surface area (Å²) in [4.78, 5) is 62.6. The number of hydrogen-bond donors (Lipinski definition) is 7. The van der Waals surface area contributed by atoms with Gasteiger partial charge in [0.2, 0.25) is 5.91 Å². The van der Waals surface area contributed by atoms with E-state index in [2.05, 4.69) is 23.4 Å². The number of nitrogens with one attached hydrogen (secondary N) is 1.